The Labute approximate surface area is 111 Å². The van der Waals surface area contributed by atoms with Crippen molar-refractivity contribution in [2.24, 2.45) is 5.73 Å². The number of imidazole rings is 1. The van der Waals surface area contributed by atoms with Gasteiger partial charge in [0.05, 0.1) is 6.54 Å². The van der Waals surface area contributed by atoms with Crippen molar-refractivity contribution in [3.05, 3.63) is 58.0 Å². The Morgan fingerprint density at radius 1 is 1.26 bits per heavy atom. The molecule has 0 saturated heterocycles. The highest BCUT2D eigenvalue weighted by molar-refractivity contribution is 5.25. The van der Waals surface area contributed by atoms with Crippen molar-refractivity contribution < 1.29 is 4.39 Å². The first-order valence-corrected chi connectivity index (χ1v) is 6.38. The molecule has 1 aromatic carbocycles. The third-order valence-corrected chi connectivity index (χ3v) is 3.07. The van der Waals surface area contributed by atoms with E-state index in [4.69, 9.17) is 5.73 Å². The average Bonchev–Trinajstić information content (AvgIpc) is 2.74. The molecule has 0 bridgehead atoms. The zero-order chi connectivity index (χ0) is 13.8. The molecule has 0 radical (unpaired) electrons. The average molecular weight is 263 g/mol. The fraction of sp³-hybridized carbons (Fsp3) is 0.357. The summed E-state index contributed by atoms with van der Waals surface area (Å²) in [6.07, 6.45) is 4.44. The molecule has 0 atom stereocenters. The molecule has 0 unspecified atom stereocenters. The smallest absolute Gasteiger partial charge is 0.326 e. The van der Waals surface area contributed by atoms with Crippen molar-refractivity contribution >= 4 is 0 Å². The minimum atomic E-state index is -0.304. The van der Waals surface area contributed by atoms with E-state index in [1.807, 2.05) is 6.92 Å². The Hall–Kier alpha value is -1.88. The molecular weight excluding hydrogens is 245 g/mol. The van der Waals surface area contributed by atoms with Crippen LogP contribution in [0.4, 0.5) is 4.39 Å². The lowest BCUT2D eigenvalue weighted by Crippen LogP contribution is -2.24. The van der Waals surface area contributed by atoms with E-state index < -0.39 is 0 Å². The molecule has 0 aliphatic heterocycles. The zero-order valence-corrected chi connectivity index (χ0v) is 11.0. The molecule has 1 heterocycles. The van der Waals surface area contributed by atoms with Crippen LogP contribution >= 0.6 is 0 Å². The van der Waals surface area contributed by atoms with Crippen LogP contribution in [0, 0.1) is 5.82 Å². The predicted molar refractivity (Wildman–Crippen MR) is 72.4 cm³/mol. The second-order valence-electron chi connectivity index (χ2n) is 4.53. The van der Waals surface area contributed by atoms with Gasteiger partial charge in [-0.15, -0.1) is 0 Å². The van der Waals surface area contributed by atoms with Gasteiger partial charge in [-0.05, 0) is 24.1 Å². The molecule has 2 rings (SSSR count). The van der Waals surface area contributed by atoms with Crippen molar-refractivity contribution in [3.8, 4) is 0 Å². The van der Waals surface area contributed by atoms with Crippen LogP contribution in [-0.4, -0.2) is 9.13 Å². The zero-order valence-electron chi connectivity index (χ0n) is 11.0. The van der Waals surface area contributed by atoms with Crippen molar-refractivity contribution in [2.75, 3.05) is 0 Å². The van der Waals surface area contributed by atoms with E-state index in [0.717, 1.165) is 12.0 Å². The molecule has 4 nitrogen and oxygen atoms in total. The van der Waals surface area contributed by atoms with E-state index in [1.165, 1.54) is 6.07 Å². The van der Waals surface area contributed by atoms with Crippen LogP contribution in [0.5, 0.6) is 0 Å². The van der Waals surface area contributed by atoms with Crippen LogP contribution in [0.1, 0.15) is 24.5 Å². The van der Waals surface area contributed by atoms with Crippen LogP contribution < -0.4 is 11.4 Å². The number of aryl methyl sites for hydroxylation is 1. The number of rotatable bonds is 5. The lowest BCUT2D eigenvalue weighted by molar-refractivity contribution is 0.606. The highest BCUT2D eigenvalue weighted by atomic mass is 19.1. The van der Waals surface area contributed by atoms with Crippen molar-refractivity contribution in [1.29, 1.82) is 0 Å². The van der Waals surface area contributed by atoms with Gasteiger partial charge in [0.25, 0.3) is 0 Å². The largest absolute Gasteiger partial charge is 0.328 e. The van der Waals surface area contributed by atoms with E-state index in [1.54, 1.807) is 33.7 Å². The fourth-order valence-corrected chi connectivity index (χ4v) is 2.06. The molecule has 2 aromatic rings. The minimum Gasteiger partial charge on any atom is -0.326 e. The van der Waals surface area contributed by atoms with Gasteiger partial charge in [-0.2, -0.15) is 0 Å². The first-order valence-electron chi connectivity index (χ1n) is 6.38. The summed E-state index contributed by atoms with van der Waals surface area (Å²) in [6, 6.07) is 4.78. The Bertz CT molecular complexity index is 615. The van der Waals surface area contributed by atoms with Crippen LogP contribution in [-0.2, 0) is 19.6 Å². The summed E-state index contributed by atoms with van der Waals surface area (Å²) in [5, 5.41) is 0. The normalized spacial score (nSPS) is 10.9. The van der Waals surface area contributed by atoms with E-state index >= 15 is 0 Å². The molecule has 0 fully saturated rings. The molecule has 0 saturated carbocycles. The highest BCUT2D eigenvalue weighted by Gasteiger charge is 2.06. The van der Waals surface area contributed by atoms with Crippen molar-refractivity contribution in [3.63, 3.8) is 0 Å². The number of halogens is 1. The molecule has 0 amide bonds. The molecule has 2 N–H and O–H groups in total. The Morgan fingerprint density at radius 3 is 2.68 bits per heavy atom. The molecule has 19 heavy (non-hydrogen) atoms. The maximum absolute atomic E-state index is 13.3. The third-order valence-electron chi connectivity index (χ3n) is 3.07. The van der Waals surface area contributed by atoms with Gasteiger partial charge in [0.2, 0.25) is 0 Å². The maximum atomic E-state index is 13.3. The summed E-state index contributed by atoms with van der Waals surface area (Å²) in [5.41, 5.74) is 6.78. The summed E-state index contributed by atoms with van der Waals surface area (Å²) in [7, 11) is 0. The lowest BCUT2D eigenvalue weighted by Gasteiger charge is -2.05. The molecular formula is C14H18FN3O. The van der Waals surface area contributed by atoms with Crippen LogP contribution in [0.3, 0.4) is 0 Å². The van der Waals surface area contributed by atoms with E-state index in [9.17, 15) is 9.18 Å². The van der Waals surface area contributed by atoms with Crippen molar-refractivity contribution in [2.45, 2.75) is 33.0 Å². The lowest BCUT2D eigenvalue weighted by atomic mass is 10.1. The minimum absolute atomic E-state index is 0.0412. The molecule has 1 aromatic heterocycles. The number of hydrogen-bond donors (Lipinski definition) is 1. The number of aromatic nitrogens is 2. The Balaban J connectivity index is 2.24. The monoisotopic (exact) mass is 263 g/mol. The van der Waals surface area contributed by atoms with Crippen LogP contribution in [0.25, 0.3) is 0 Å². The second kappa shape index (κ2) is 5.84. The van der Waals surface area contributed by atoms with Gasteiger partial charge in [-0.1, -0.05) is 13.0 Å². The van der Waals surface area contributed by atoms with Crippen LogP contribution in [0.15, 0.2) is 35.4 Å². The maximum Gasteiger partial charge on any atom is 0.328 e. The molecule has 0 spiro atoms. The van der Waals surface area contributed by atoms with Gasteiger partial charge in [0, 0.05) is 31.0 Å². The summed E-state index contributed by atoms with van der Waals surface area (Å²) in [6.45, 7) is 3.33. The molecule has 102 valence electrons. The predicted octanol–water partition coefficient (Wildman–Crippen LogP) is 1.71. The van der Waals surface area contributed by atoms with Gasteiger partial charge in [0.1, 0.15) is 5.82 Å². The molecule has 0 aliphatic rings. The summed E-state index contributed by atoms with van der Waals surface area (Å²) >= 11 is 0. The van der Waals surface area contributed by atoms with Gasteiger partial charge in [-0.3, -0.25) is 9.13 Å². The SMILES string of the molecule is CCCn1ccn(Cc2ccc(F)c(CN)c2)c1=O. The van der Waals surface area contributed by atoms with Gasteiger partial charge in [-0.25, -0.2) is 9.18 Å². The van der Waals surface area contributed by atoms with Gasteiger partial charge < -0.3 is 5.73 Å². The van der Waals surface area contributed by atoms with E-state index in [2.05, 4.69) is 0 Å². The van der Waals surface area contributed by atoms with E-state index in [-0.39, 0.29) is 18.1 Å². The van der Waals surface area contributed by atoms with Crippen LogP contribution in [0.2, 0.25) is 0 Å². The Kier molecular flexibility index (Phi) is 4.16. The summed E-state index contributed by atoms with van der Waals surface area (Å²) < 4.78 is 16.6. The molecule has 0 aliphatic carbocycles. The highest BCUT2D eigenvalue weighted by Crippen LogP contribution is 2.10. The summed E-state index contributed by atoms with van der Waals surface area (Å²) in [4.78, 5) is 12.0. The number of nitrogens with two attached hydrogens (primary N) is 1. The van der Waals surface area contributed by atoms with Gasteiger partial charge in [0.15, 0.2) is 0 Å². The topological polar surface area (TPSA) is 52.9 Å². The molecule has 5 heteroatoms. The van der Waals surface area contributed by atoms with E-state index in [0.29, 0.717) is 18.7 Å². The van der Waals surface area contributed by atoms with Crippen molar-refractivity contribution in [1.82, 2.24) is 9.13 Å². The first kappa shape index (κ1) is 13.5. The number of benzene rings is 1. The fourth-order valence-electron chi connectivity index (χ4n) is 2.06. The second-order valence-corrected chi connectivity index (χ2v) is 4.53. The quantitative estimate of drug-likeness (QED) is 0.892. The Morgan fingerprint density at radius 2 is 2.00 bits per heavy atom. The standard InChI is InChI=1S/C14H18FN3O/c1-2-5-17-6-7-18(14(17)19)10-11-3-4-13(15)12(8-11)9-16/h3-4,6-8H,2,5,9-10,16H2,1H3. The van der Waals surface area contributed by atoms with Gasteiger partial charge >= 0.3 is 5.69 Å². The number of hydrogen-bond acceptors (Lipinski definition) is 2. The summed E-state index contributed by atoms with van der Waals surface area (Å²) in [5.74, 6) is -0.304. The first-order chi connectivity index (χ1) is 9.15. The number of nitrogens with zero attached hydrogens (tertiary/aromatic N) is 2. The third kappa shape index (κ3) is 2.93.